The molecule has 0 spiro atoms. The zero-order valence-corrected chi connectivity index (χ0v) is 15.5. The van der Waals surface area contributed by atoms with E-state index in [0.29, 0.717) is 16.7 Å². The van der Waals surface area contributed by atoms with Crippen molar-refractivity contribution in [2.24, 2.45) is 0 Å². The third-order valence-corrected chi connectivity index (χ3v) is 4.54. The van der Waals surface area contributed by atoms with Gasteiger partial charge in [-0.15, -0.1) is 0 Å². The van der Waals surface area contributed by atoms with E-state index in [0.717, 1.165) is 29.7 Å². The van der Waals surface area contributed by atoms with Crippen LogP contribution in [-0.2, 0) is 6.61 Å². The van der Waals surface area contributed by atoms with Gasteiger partial charge in [0.15, 0.2) is 0 Å². The van der Waals surface area contributed by atoms with E-state index in [9.17, 15) is 0 Å². The maximum atomic E-state index is 6.21. The van der Waals surface area contributed by atoms with Crippen LogP contribution in [0.2, 0.25) is 10.0 Å². The maximum absolute atomic E-state index is 6.21. The summed E-state index contributed by atoms with van der Waals surface area (Å²) < 4.78 is 8.22. The number of hydrogen-bond donors (Lipinski definition) is 0. The molecular weight excluding hydrogens is 355 g/mol. The van der Waals surface area contributed by atoms with Crippen LogP contribution in [0.25, 0.3) is 0 Å². The number of nitrogens with zero attached hydrogens (tertiary/aromatic N) is 2. The van der Waals surface area contributed by atoms with Crippen LogP contribution in [0.5, 0.6) is 5.75 Å². The van der Waals surface area contributed by atoms with E-state index in [2.05, 4.69) is 16.5 Å². The molecule has 0 bridgehead atoms. The van der Waals surface area contributed by atoms with Crippen LogP contribution in [0.4, 0.5) is 0 Å². The second-order valence-corrected chi connectivity index (χ2v) is 6.79. The molecule has 1 heterocycles. The number of benzene rings is 2. The van der Waals surface area contributed by atoms with Crippen molar-refractivity contribution in [2.45, 2.75) is 32.4 Å². The summed E-state index contributed by atoms with van der Waals surface area (Å²) in [5, 5.41) is 1.36. The second-order valence-electron chi connectivity index (χ2n) is 5.92. The Kier molecular flexibility index (Phi) is 6.00. The lowest BCUT2D eigenvalue weighted by atomic mass is 10.0. The molecule has 0 aliphatic heterocycles. The van der Waals surface area contributed by atoms with E-state index in [1.165, 1.54) is 0 Å². The van der Waals surface area contributed by atoms with Crippen molar-refractivity contribution in [1.82, 2.24) is 9.55 Å². The van der Waals surface area contributed by atoms with E-state index in [1.807, 2.05) is 55.0 Å². The fourth-order valence-electron chi connectivity index (χ4n) is 2.89. The Morgan fingerprint density at radius 3 is 2.68 bits per heavy atom. The molecule has 25 heavy (non-hydrogen) atoms. The molecule has 1 unspecified atom stereocenters. The van der Waals surface area contributed by atoms with Crippen molar-refractivity contribution in [3.63, 3.8) is 0 Å². The highest BCUT2D eigenvalue weighted by atomic mass is 35.5. The van der Waals surface area contributed by atoms with Crippen molar-refractivity contribution >= 4 is 23.2 Å². The molecule has 130 valence electrons. The SMILES string of the molecule is CCCC(c1ccc(Cl)cc1OCc1cccc(Cl)c1)n1ccnc1. The van der Waals surface area contributed by atoms with Gasteiger partial charge in [-0.05, 0) is 36.2 Å². The summed E-state index contributed by atoms with van der Waals surface area (Å²) in [5.74, 6) is 0.791. The molecule has 0 aliphatic carbocycles. The third-order valence-electron chi connectivity index (χ3n) is 4.06. The number of imidazole rings is 1. The zero-order valence-electron chi connectivity index (χ0n) is 14.0. The molecule has 0 saturated heterocycles. The first-order valence-electron chi connectivity index (χ1n) is 8.31. The van der Waals surface area contributed by atoms with Gasteiger partial charge in [-0.1, -0.05) is 54.7 Å². The number of rotatable bonds is 7. The van der Waals surface area contributed by atoms with Crippen LogP contribution in [0.15, 0.2) is 61.2 Å². The van der Waals surface area contributed by atoms with Crippen molar-refractivity contribution in [3.8, 4) is 5.75 Å². The number of halogens is 2. The molecule has 0 radical (unpaired) electrons. The monoisotopic (exact) mass is 374 g/mol. The maximum Gasteiger partial charge on any atom is 0.126 e. The van der Waals surface area contributed by atoms with Crippen molar-refractivity contribution in [1.29, 1.82) is 0 Å². The summed E-state index contributed by atoms with van der Waals surface area (Å²) >= 11 is 12.3. The van der Waals surface area contributed by atoms with E-state index in [1.54, 1.807) is 6.20 Å². The number of aromatic nitrogens is 2. The molecule has 5 heteroatoms. The molecule has 0 amide bonds. The fraction of sp³-hybridized carbons (Fsp3) is 0.250. The van der Waals surface area contributed by atoms with Crippen LogP contribution in [0.1, 0.15) is 36.9 Å². The molecule has 3 nitrogen and oxygen atoms in total. The molecule has 3 rings (SSSR count). The van der Waals surface area contributed by atoms with Crippen LogP contribution >= 0.6 is 23.2 Å². The van der Waals surface area contributed by atoms with Gasteiger partial charge in [-0.3, -0.25) is 0 Å². The highest BCUT2D eigenvalue weighted by Gasteiger charge is 2.18. The van der Waals surface area contributed by atoms with E-state index >= 15 is 0 Å². The van der Waals surface area contributed by atoms with Gasteiger partial charge in [0.2, 0.25) is 0 Å². The van der Waals surface area contributed by atoms with Gasteiger partial charge < -0.3 is 9.30 Å². The third kappa shape index (κ3) is 4.56. The largest absolute Gasteiger partial charge is 0.488 e. The first kappa shape index (κ1) is 17.8. The molecule has 2 aromatic carbocycles. The predicted octanol–water partition coefficient (Wildman–Crippen LogP) is 6.16. The Hall–Kier alpha value is -1.97. The predicted molar refractivity (Wildman–Crippen MR) is 103 cm³/mol. The van der Waals surface area contributed by atoms with Crippen molar-refractivity contribution in [2.75, 3.05) is 0 Å². The second kappa shape index (κ2) is 8.41. The Bertz CT molecular complexity index is 818. The van der Waals surface area contributed by atoms with E-state index < -0.39 is 0 Å². The minimum Gasteiger partial charge on any atom is -0.488 e. The van der Waals surface area contributed by atoms with Crippen LogP contribution in [0, 0.1) is 0 Å². The van der Waals surface area contributed by atoms with E-state index in [4.69, 9.17) is 27.9 Å². The first-order chi connectivity index (χ1) is 12.2. The number of ether oxygens (including phenoxy) is 1. The smallest absolute Gasteiger partial charge is 0.126 e. The Morgan fingerprint density at radius 2 is 1.96 bits per heavy atom. The Labute approximate surface area is 158 Å². The standard InChI is InChI=1S/C20H20Cl2N2O/c1-2-4-19(24-10-9-23-14-24)18-8-7-17(22)12-20(18)25-13-15-5-3-6-16(21)11-15/h3,5-12,14,19H,2,4,13H2,1H3. The highest BCUT2D eigenvalue weighted by molar-refractivity contribution is 6.31. The average molecular weight is 375 g/mol. The molecule has 0 fully saturated rings. The van der Waals surface area contributed by atoms with Crippen LogP contribution in [-0.4, -0.2) is 9.55 Å². The topological polar surface area (TPSA) is 27.1 Å². The summed E-state index contributed by atoms with van der Waals surface area (Å²) in [6.45, 7) is 2.61. The Morgan fingerprint density at radius 1 is 1.12 bits per heavy atom. The van der Waals surface area contributed by atoms with Crippen molar-refractivity contribution in [3.05, 3.63) is 82.4 Å². The Balaban J connectivity index is 1.89. The molecule has 3 aromatic rings. The minimum atomic E-state index is 0.166. The fourth-order valence-corrected chi connectivity index (χ4v) is 3.26. The summed E-state index contributed by atoms with van der Waals surface area (Å²) in [5.41, 5.74) is 2.12. The minimum absolute atomic E-state index is 0.166. The molecule has 0 N–H and O–H groups in total. The summed E-state index contributed by atoms with van der Waals surface area (Å²) in [6.07, 6.45) is 7.67. The molecule has 0 aliphatic rings. The summed E-state index contributed by atoms with van der Waals surface area (Å²) in [7, 11) is 0. The van der Waals surface area contributed by atoms with E-state index in [-0.39, 0.29) is 6.04 Å². The molecule has 1 atom stereocenters. The van der Waals surface area contributed by atoms with Gasteiger partial charge in [-0.2, -0.15) is 0 Å². The van der Waals surface area contributed by atoms with Crippen LogP contribution < -0.4 is 4.74 Å². The molecule has 0 saturated carbocycles. The molecular formula is C20H20Cl2N2O. The lowest BCUT2D eigenvalue weighted by Gasteiger charge is -2.22. The van der Waals surface area contributed by atoms with Gasteiger partial charge in [0.25, 0.3) is 0 Å². The molecule has 1 aromatic heterocycles. The summed E-state index contributed by atoms with van der Waals surface area (Å²) in [6, 6.07) is 13.7. The van der Waals surface area contributed by atoms with Gasteiger partial charge in [0.1, 0.15) is 12.4 Å². The van der Waals surface area contributed by atoms with Gasteiger partial charge in [-0.25, -0.2) is 4.98 Å². The van der Waals surface area contributed by atoms with Gasteiger partial charge in [0, 0.05) is 28.0 Å². The lowest BCUT2D eigenvalue weighted by molar-refractivity contribution is 0.298. The summed E-state index contributed by atoms with van der Waals surface area (Å²) in [4.78, 5) is 4.18. The number of hydrogen-bond acceptors (Lipinski definition) is 2. The quantitative estimate of drug-likeness (QED) is 0.495. The van der Waals surface area contributed by atoms with Crippen LogP contribution in [0.3, 0.4) is 0 Å². The average Bonchev–Trinajstić information content (AvgIpc) is 3.13. The first-order valence-corrected chi connectivity index (χ1v) is 9.07. The van der Waals surface area contributed by atoms with Gasteiger partial charge >= 0.3 is 0 Å². The van der Waals surface area contributed by atoms with Gasteiger partial charge in [0.05, 0.1) is 12.4 Å². The normalized spacial score (nSPS) is 12.1. The van der Waals surface area contributed by atoms with Crippen molar-refractivity contribution < 1.29 is 4.74 Å². The highest BCUT2D eigenvalue weighted by Crippen LogP contribution is 2.34. The zero-order chi connectivity index (χ0) is 17.6. The lowest BCUT2D eigenvalue weighted by Crippen LogP contribution is -2.11.